The van der Waals surface area contributed by atoms with Crippen molar-refractivity contribution in [2.45, 2.75) is 4.90 Å². The molecule has 2 rings (SSSR count). The van der Waals surface area contributed by atoms with E-state index in [2.05, 4.69) is 20.7 Å². The number of hydrogen-bond acceptors (Lipinski definition) is 4. The number of benzene rings is 2. The second-order valence-electron chi connectivity index (χ2n) is 3.92. The Morgan fingerprint density at radius 2 is 1.90 bits per heavy atom. The first-order chi connectivity index (χ1) is 9.44. The Kier molecular flexibility index (Phi) is 4.20. The Morgan fingerprint density at radius 3 is 2.50 bits per heavy atom. The standard InChI is InChI=1S/C13H12BrNO4S/c1-19-13-7-6-9(8-10(13)14)20(17,18)15-11-4-2-3-5-12(11)16/h2-8,15-16H,1H3. The van der Waals surface area contributed by atoms with Gasteiger partial charge in [-0.15, -0.1) is 0 Å². The van der Waals surface area contributed by atoms with Crippen LogP contribution in [0.1, 0.15) is 0 Å². The molecule has 2 aromatic rings. The molecule has 0 atom stereocenters. The van der Waals surface area contributed by atoms with Crippen molar-refractivity contribution >= 4 is 31.6 Å². The Morgan fingerprint density at radius 1 is 1.20 bits per heavy atom. The molecule has 0 aromatic heterocycles. The first-order valence-corrected chi connectivity index (χ1v) is 7.86. The summed E-state index contributed by atoms with van der Waals surface area (Å²) in [4.78, 5) is 0.0634. The molecule has 0 fully saturated rings. The number of rotatable bonds is 4. The maximum atomic E-state index is 12.2. The second-order valence-corrected chi connectivity index (χ2v) is 6.46. The lowest BCUT2D eigenvalue weighted by molar-refractivity contribution is 0.411. The summed E-state index contributed by atoms with van der Waals surface area (Å²) in [6.45, 7) is 0. The smallest absolute Gasteiger partial charge is 0.262 e. The molecule has 2 aromatic carbocycles. The van der Waals surface area contributed by atoms with Crippen molar-refractivity contribution in [2.75, 3.05) is 11.8 Å². The van der Waals surface area contributed by atoms with Crippen molar-refractivity contribution in [1.82, 2.24) is 0 Å². The first kappa shape index (κ1) is 14.7. The zero-order chi connectivity index (χ0) is 14.8. The molecule has 7 heteroatoms. The molecule has 0 aliphatic heterocycles. The highest BCUT2D eigenvalue weighted by atomic mass is 79.9. The van der Waals surface area contributed by atoms with Crippen LogP contribution in [0.4, 0.5) is 5.69 Å². The number of phenols is 1. The summed E-state index contributed by atoms with van der Waals surface area (Å²) >= 11 is 3.23. The summed E-state index contributed by atoms with van der Waals surface area (Å²) in [5, 5.41) is 9.60. The van der Waals surface area contributed by atoms with Gasteiger partial charge in [0, 0.05) is 0 Å². The zero-order valence-corrected chi connectivity index (χ0v) is 12.9. The van der Waals surface area contributed by atoms with Gasteiger partial charge in [0.15, 0.2) is 0 Å². The Bertz CT molecular complexity index is 731. The van der Waals surface area contributed by atoms with Crippen molar-refractivity contribution in [3.8, 4) is 11.5 Å². The van der Waals surface area contributed by atoms with Gasteiger partial charge in [0.1, 0.15) is 11.5 Å². The van der Waals surface area contributed by atoms with Gasteiger partial charge in [0.2, 0.25) is 0 Å². The van der Waals surface area contributed by atoms with Gasteiger partial charge in [-0.2, -0.15) is 0 Å². The van der Waals surface area contributed by atoms with Gasteiger partial charge in [-0.25, -0.2) is 8.42 Å². The molecule has 5 nitrogen and oxygen atoms in total. The van der Waals surface area contributed by atoms with Crippen LogP contribution >= 0.6 is 15.9 Å². The van der Waals surface area contributed by atoms with E-state index < -0.39 is 10.0 Å². The van der Waals surface area contributed by atoms with Gasteiger partial charge in [-0.3, -0.25) is 4.72 Å². The lowest BCUT2D eigenvalue weighted by Gasteiger charge is -2.10. The third-order valence-corrected chi connectivity index (χ3v) is 4.56. The van der Waals surface area contributed by atoms with Gasteiger partial charge in [0.05, 0.1) is 22.2 Å². The number of anilines is 1. The molecule has 20 heavy (non-hydrogen) atoms. The molecular formula is C13H12BrNO4S. The number of para-hydroxylation sites is 2. The number of nitrogens with one attached hydrogen (secondary N) is 1. The van der Waals surface area contributed by atoms with E-state index in [0.717, 1.165) is 0 Å². The number of aromatic hydroxyl groups is 1. The van der Waals surface area contributed by atoms with E-state index in [1.54, 1.807) is 18.2 Å². The fraction of sp³-hybridized carbons (Fsp3) is 0.0769. The zero-order valence-electron chi connectivity index (χ0n) is 10.5. The lowest BCUT2D eigenvalue weighted by Crippen LogP contribution is -2.13. The van der Waals surface area contributed by atoms with Crippen LogP contribution in [0.25, 0.3) is 0 Å². The SMILES string of the molecule is COc1ccc(S(=O)(=O)Nc2ccccc2O)cc1Br. The predicted molar refractivity (Wildman–Crippen MR) is 79.6 cm³/mol. The number of hydrogen-bond donors (Lipinski definition) is 2. The molecule has 0 saturated heterocycles. The average Bonchev–Trinajstić information content (AvgIpc) is 2.41. The highest BCUT2D eigenvalue weighted by molar-refractivity contribution is 9.10. The summed E-state index contributed by atoms with van der Waals surface area (Å²) < 4.78 is 32.3. The minimum atomic E-state index is -3.78. The predicted octanol–water partition coefficient (Wildman–Crippen LogP) is 2.96. The Labute approximate surface area is 125 Å². The largest absolute Gasteiger partial charge is 0.506 e. The van der Waals surface area contributed by atoms with E-state index in [-0.39, 0.29) is 16.3 Å². The molecule has 0 radical (unpaired) electrons. The van der Waals surface area contributed by atoms with Crippen LogP contribution in [0.3, 0.4) is 0 Å². The number of halogens is 1. The van der Waals surface area contributed by atoms with E-state index in [1.807, 2.05) is 0 Å². The van der Waals surface area contributed by atoms with Crippen molar-refractivity contribution in [3.63, 3.8) is 0 Å². The molecular weight excluding hydrogens is 346 g/mol. The lowest BCUT2D eigenvalue weighted by atomic mass is 10.3. The normalized spacial score (nSPS) is 11.1. The maximum absolute atomic E-state index is 12.2. The first-order valence-electron chi connectivity index (χ1n) is 5.58. The van der Waals surface area contributed by atoms with Crippen LogP contribution in [0.15, 0.2) is 51.8 Å². The molecule has 0 aliphatic rings. The van der Waals surface area contributed by atoms with Crippen molar-refractivity contribution in [2.24, 2.45) is 0 Å². The van der Waals surface area contributed by atoms with E-state index >= 15 is 0 Å². The molecule has 2 N–H and O–H groups in total. The molecule has 0 unspecified atom stereocenters. The molecule has 0 aliphatic carbocycles. The van der Waals surface area contributed by atoms with E-state index in [1.165, 1.54) is 31.4 Å². The fourth-order valence-electron chi connectivity index (χ4n) is 1.58. The van der Waals surface area contributed by atoms with Crippen molar-refractivity contribution in [3.05, 3.63) is 46.9 Å². The summed E-state index contributed by atoms with van der Waals surface area (Å²) in [5.74, 6) is 0.398. The third kappa shape index (κ3) is 3.05. The Balaban J connectivity index is 2.36. The third-order valence-electron chi connectivity index (χ3n) is 2.58. The van der Waals surface area contributed by atoms with E-state index in [9.17, 15) is 13.5 Å². The molecule has 0 amide bonds. The van der Waals surface area contributed by atoms with Gasteiger partial charge in [0.25, 0.3) is 10.0 Å². The maximum Gasteiger partial charge on any atom is 0.262 e. The number of ether oxygens (including phenoxy) is 1. The highest BCUT2D eigenvalue weighted by Gasteiger charge is 2.17. The molecule has 0 heterocycles. The Hall–Kier alpha value is -1.73. The monoisotopic (exact) mass is 357 g/mol. The van der Waals surface area contributed by atoms with Gasteiger partial charge < -0.3 is 9.84 Å². The number of methoxy groups -OCH3 is 1. The summed E-state index contributed by atoms with van der Waals surface area (Å²) in [6.07, 6.45) is 0. The molecule has 106 valence electrons. The molecule has 0 bridgehead atoms. The van der Waals surface area contributed by atoms with Crippen LogP contribution in [-0.2, 0) is 10.0 Å². The number of sulfonamides is 1. The molecule has 0 saturated carbocycles. The van der Waals surface area contributed by atoms with Crippen LogP contribution in [0, 0.1) is 0 Å². The average molecular weight is 358 g/mol. The molecule has 0 spiro atoms. The van der Waals surface area contributed by atoms with Gasteiger partial charge in [-0.05, 0) is 46.3 Å². The fourth-order valence-corrected chi connectivity index (χ4v) is 3.37. The van der Waals surface area contributed by atoms with E-state index in [4.69, 9.17) is 4.74 Å². The highest BCUT2D eigenvalue weighted by Crippen LogP contribution is 2.29. The van der Waals surface area contributed by atoms with Crippen LogP contribution in [0.2, 0.25) is 0 Å². The summed E-state index contributed by atoms with van der Waals surface area (Å²) in [6, 6.07) is 10.5. The van der Waals surface area contributed by atoms with Crippen LogP contribution in [0.5, 0.6) is 11.5 Å². The summed E-state index contributed by atoms with van der Waals surface area (Å²) in [5.41, 5.74) is 0.124. The quantitative estimate of drug-likeness (QED) is 0.824. The van der Waals surface area contributed by atoms with Crippen LogP contribution < -0.4 is 9.46 Å². The van der Waals surface area contributed by atoms with Gasteiger partial charge in [-0.1, -0.05) is 12.1 Å². The van der Waals surface area contributed by atoms with E-state index in [0.29, 0.717) is 10.2 Å². The summed E-state index contributed by atoms with van der Waals surface area (Å²) in [7, 11) is -2.28. The topological polar surface area (TPSA) is 75.6 Å². The van der Waals surface area contributed by atoms with Gasteiger partial charge >= 0.3 is 0 Å². The second kappa shape index (κ2) is 5.72. The minimum absolute atomic E-state index is 0.0634. The number of phenolic OH excluding ortho intramolecular Hbond substituents is 1. The van der Waals surface area contributed by atoms with Crippen molar-refractivity contribution < 1.29 is 18.3 Å². The van der Waals surface area contributed by atoms with Crippen molar-refractivity contribution in [1.29, 1.82) is 0 Å². The minimum Gasteiger partial charge on any atom is -0.506 e. The van der Waals surface area contributed by atoms with Crippen LogP contribution in [-0.4, -0.2) is 20.6 Å².